The van der Waals surface area contributed by atoms with Gasteiger partial charge in [0.05, 0.1) is 0 Å². The summed E-state index contributed by atoms with van der Waals surface area (Å²) in [6.07, 6.45) is 7.50. The quantitative estimate of drug-likeness (QED) is 0.580. The molecule has 1 aromatic rings. The fourth-order valence-corrected chi connectivity index (χ4v) is 8.52. The Balaban J connectivity index is 1.59. The minimum atomic E-state index is 0.237. The van der Waals surface area contributed by atoms with Crippen LogP contribution in [-0.4, -0.2) is 10.2 Å². The molecular formula is C26H38O2. The van der Waals surface area contributed by atoms with Crippen molar-refractivity contribution in [1.82, 2.24) is 0 Å². The highest BCUT2D eigenvalue weighted by Gasteiger charge is 2.63. The van der Waals surface area contributed by atoms with Crippen molar-refractivity contribution in [3.05, 3.63) is 23.3 Å². The Morgan fingerprint density at radius 3 is 1.36 bits per heavy atom. The third kappa shape index (κ3) is 1.96. The Bertz CT molecular complexity index is 772. The molecule has 0 aliphatic heterocycles. The number of fused-ring (bicyclic) bond motifs is 4. The number of benzene rings is 1. The summed E-state index contributed by atoms with van der Waals surface area (Å²) in [5, 5.41) is 21.7. The summed E-state index contributed by atoms with van der Waals surface area (Å²) in [6, 6.07) is 3.89. The largest absolute Gasteiger partial charge is 0.508 e. The third-order valence-electron chi connectivity index (χ3n) is 11.5. The van der Waals surface area contributed by atoms with Gasteiger partial charge < -0.3 is 10.2 Å². The SMILES string of the molecule is CC1(C)C2CCC1(C)C(c1cc(C3CC4CCC3(C)C4(C)C)c(O)cc1O)C2. The van der Waals surface area contributed by atoms with Crippen molar-refractivity contribution in [2.75, 3.05) is 0 Å². The van der Waals surface area contributed by atoms with Crippen LogP contribution in [0.25, 0.3) is 0 Å². The van der Waals surface area contributed by atoms with Gasteiger partial charge in [0, 0.05) is 6.07 Å². The maximum absolute atomic E-state index is 10.9. The first-order valence-corrected chi connectivity index (χ1v) is 11.5. The van der Waals surface area contributed by atoms with Crippen molar-refractivity contribution in [2.24, 2.45) is 33.5 Å². The van der Waals surface area contributed by atoms with E-state index < -0.39 is 0 Å². The van der Waals surface area contributed by atoms with Crippen LogP contribution in [0.15, 0.2) is 12.1 Å². The van der Waals surface area contributed by atoms with E-state index in [0.717, 1.165) is 23.0 Å². The summed E-state index contributed by atoms with van der Waals surface area (Å²) >= 11 is 0. The summed E-state index contributed by atoms with van der Waals surface area (Å²) in [5.74, 6) is 2.92. The molecule has 0 heterocycles. The smallest absolute Gasteiger partial charge is 0.122 e. The molecule has 0 spiro atoms. The molecule has 1 aromatic carbocycles. The first-order chi connectivity index (χ1) is 12.9. The fraction of sp³-hybridized carbons (Fsp3) is 0.769. The lowest BCUT2D eigenvalue weighted by atomic mass is 9.63. The molecule has 4 saturated carbocycles. The van der Waals surface area contributed by atoms with Crippen molar-refractivity contribution in [2.45, 2.75) is 91.9 Å². The van der Waals surface area contributed by atoms with E-state index in [1.807, 2.05) is 0 Å². The number of phenolic OH excluding ortho intramolecular Hbond substituents is 2. The lowest BCUT2D eigenvalue weighted by Crippen LogP contribution is -2.32. The lowest BCUT2D eigenvalue weighted by Gasteiger charge is -2.41. The molecule has 4 aliphatic rings. The molecule has 0 aromatic heterocycles. The molecule has 2 heteroatoms. The molecule has 0 saturated heterocycles. The average molecular weight is 383 g/mol. The van der Waals surface area contributed by atoms with Crippen molar-refractivity contribution in [3.8, 4) is 11.5 Å². The van der Waals surface area contributed by atoms with Gasteiger partial charge in [0.2, 0.25) is 0 Å². The zero-order valence-electron chi connectivity index (χ0n) is 18.6. The Morgan fingerprint density at radius 1 is 0.679 bits per heavy atom. The standard InChI is InChI=1S/C26H38O2/c1-23(2)15-7-9-25(23,5)19(11-15)17-13-18(22(28)14-21(17)27)20-12-16-8-10-26(20,6)24(16,3)4/h13-16,19-20,27-28H,7-12H2,1-6H3. The minimum absolute atomic E-state index is 0.237. The van der Waals surface area contributed by atoms with Crippen LogP contribution in [0.4, 0.5) is 0 Å². The van der Waals surface area contributed by atoms with Crippen LogP contribution in [-0.2, 0) is 0 Å². The van der Waals surface area contributed by atoms with Gasteiger partial charge in [-0.25, -0.2) is 0 Å². The average Bonchev–Trinajstić information content (AvgIpc) is 3.13. The number of phenols is 2. The second-order valence-electron chi connectivity index (χ2n) is 12.3. The molecule has 4 aliphatic carbocycles. The van der Waals surface area contributed by atoms with E-state index >= 15 is 0 Å². The summed E-state index contributed by atoms with van der Waals surface area (Å²) in [4.78, 5) is 0. The molecule has 0 radical (unpaired) electrons. The predicted octanol–water partition coefficient (Wildman–Crippen LogP) is 6.96. The maximum Gasteiger partial charge on any atom is 0.122 e. The minimum Gasteiger partial charge on any atom is -0.508 e. The molecule has 28 heavy (non-hydrogen) atoms. The van der Waals surface area contributed by atoms with Crippen LogP contribution < -0.4 is 0 Å². The van der Waals surface area contributed by atoms with Crippen molar-refractivity contribution in [1.29, 1.82) is 0 Å². The summed E-state index contributed by atoms with van der Waals surface area (Å²) in [6.45, 7) is 14.6. The Labute approximate surface area is 170 Å². The second-order valence-corrected chi connectivity index (χ2v) is 12.3. The highest BCUT2D eigenvalue weighted by atomic mass is 16.3. The number of hydrogen-bond acceptors (Lipinski definition) is 2. The van der Waals surface area contributed by atoms with Crippen LogP contribution in [0.2, 0.25) is 0 Å². The predicted molar refractivity (Wildman–Crippen MR) is 114 cm³/mol. The van der Waals surface area contributed by atoms with Crippen molar-refractivity contribution < 1.29 is 10.2 Å². The topological polar surface area (TPSA) is 40.5 Å². The van der Waals surface area contributed by atoms with Gasteiger partial charge in [-0.15, -0.1) is 0 Å². The van der Waals surface area contributed by atoms with Gasteiger partial charge in [0.15, 0.2) is 0 Å². The van der Waals surface area contributed by atoms with E-state index in [-0.39, 0.29) is 10.8 Å². The normalized spacial score (nSPS) is 45.1. The summed E-state index contributed by atoms with van der Waals surface area (Å²) in [5.41, 5.74) is 3.33. The molecule has 0 amide bonds. The molecule has 2 N–H and O–H groups in total. The third-order valence-corrected chi connectivity index (χ3v) is 11.5. The number of rotatable bonds is 2. The Hall–Kier alpha value is -1.18. The zero-order valence-corrected chi connectivity index (χ0v) is 18.6. The maximum atomic E-state index is 10.9. The van der Waals surface area contributed by atoms with Gasteiger partial charge in [0.1, 0.15) is 11.5 Å². The molecule has 6 atom stereocenters. The van der Waals surface area contributed by atoms with Crippen molar-refractivity contribution in [3.63, 3.8) is 0 Å². The van der Waals surface area contributed by atoms with Crippen LogP contribution in [0.3, 0.4) is 0 Å². The van der Waals surface area contributed by atoms with Crippen LogP contribution in [0.1, 0.15) is 103 Å². The lowest BCUT2D eigenvalue weighted by molar-refractivity contribution is 0.131. The number of hydrogen-bond donors (Lipinski definition) is 2. The molecular weight excluding hydrogens is 344 g/mol. The molecule has 6 unspecified atom stereocenters. The monoisotopic (exact) mass is 382 g/mol. The molecule has 154 valence electrons. The molecule has 2 nitrogen and oxygen atoms in total. The zero-order chi connectivity index (χ0) is 20.3. The molecule has 5 rings (SSSR count). The highest BCUT2D eigenvalue weighted by Crippen LogP contribution is 2.73. The van der Waals surface area contributed by atoms with E-state index in [9.17, 15) is 10.2 Å². The van der Waals surface area contributed by atoms with Gasteiger partial charge in [-0.1, -0.05) is 41.5 Å². The van der Waals surface area contributed by atoms with E-state index in [1.165, 1.54) is 38.5 Å². The molecule has 4 bridgehead atoms. The second kappa shape index (κ2) is 5.29. The van der Waals surface area contributed by atoms with Gasteiger partial charge in [-0.3, -0.25) is 0 Å². The van der Waals surface area contributed by atoms with Gasteiger partial charge in [0.25, 0.3) is 0 Å². The fourth-order valence-electron chi connectivity index (χ4n) is 8.52. The Morgan fingerprint density at radius 2 is 1.07 bits per heavy atom. The van der Waals surface area contributed by atoms with E-state index in [2.05, 4.69) is 47.6 Å². The van der Waals surface area contributed by atoms with Crippen LogP contribution >= 0.6 is 0 Å². The molecule has 4 fully saturated rings. The van der Waals surface area contributed by atoms with Crippen molar-refractivity contribution >= 4 is 0 Å². The van der Waals surface area contributed by atoms with Gasteiger partial charge in [-0.2, -0.15) is 0 Å². The first kappa shape index (κ1) is 18.8. The van der Waals surface area contributed by atoms with E-state index in [1.54, 1.807) is 6.07 Å². The van der Waals surface area contributed by atoms with Crippen LogP contribution in [0, 0.1) is 33.5 Å². The van der Waals surface area contributed by atoms with Crippen LogP contribution in [0.5, 0.6) is 11.5 Å². The van der Waals surface area contributed by atoms with Gasteiger partial charge in [-0.05, 0) is 101 Å². The van der Waals surface area contributed by atoms with E-state index in [4.69, 9.17) is 0 Å². The van der Waals surface area contributed by atoms with E-state index in [0.29, 0.717) is 34.2 Å². The highest BCUT2D eigenvalue weighted by molar-refractivity contribution is 5.51. The number of aromatic hydroxyl groups is 2. The summed E-state index contributed by atoms with van der Waals surface area (Å²) < 4.78 is 0. The summed E-state index contributed by atoms with van der Waals surface area (Å²) in [7, 11) is 0. The van der Waals surface area contributed by atoms with Gasteiger partial charge >= 0.3 is 0 Å². The first-order valence-electron chi connectivity index (χ1n) is 11.5. The Kier molecular flexibility index (Phi) is 3.56.